The maximum absolute atomic E-state index is 13.9. The number of carbonyl (C=O) groups is 2. The minimum atomic E-state index is -4.93. The summed E-state index contributed by atoms with van der Waals surface area (Å²) in [6.45, 7) is 1.33. The number of aliphatic carboxylic acids is 1. The minimum Gasteiger partial charge on any atom is -0.496 e. The molecule has 0 spiro atoms. The molecule has 2 aliphatic heterocycles. The molecule has 0 saturated heterocycles. The first-order valence-electron chi connectivity index (χ1n) is 8.75. The predicted octanol–water partition coefficient (Wildman–Crippen LogP) is 3.85. The van der Waals surface area contributed by atoms with Crippen LogP contribution in [0.1, 0.15) is 24.9 Å². The van der Waals surface area contributed by atoms with Gasteiger partial charge in [-0.1, -0.05) is 30.0 Å². The quantitative estimate of drug-likeness (QED) is 0.670. The zero-order valence-electron chi connectivity index (χ0n) is 15.9. The minimum absolute atomic E-state index is 0.0810. The lowest BCUT2D eigenvalue weighted by Gasteiger charge is -2.37. The first kappa shape index (κ1) is 21.8. The summed E-state index contributed by atoms with van der Waals surface area (Å²) in [6.07, 6.45) is -5.40. The number of amidine groups is 1. The van der Waals surface area contributed by atoms with Crippen molar-refractivity contribution in [2.24, 2.45) is 4.99 Å². The lowest BCUT2D eigenvalue weighted by atomic mass is 9.92. The van der Waals surface area contributed by atoms with Crippen molar-refractivity contribution in [3.63, 3.8) is 0 Å². The van der Waals surface area contributed by atoms with Gasteiger partial charge in [0.2, 0.25) is 0 Å². The first-order chi connectivity index (χ1) is 14.2. The Balaban J connectivity index is 2.29. The molecule has 1 unspecified atom stereocenters. The van der Waals surface area contributed by atoms with Gasteiger partial charge in [-0.2, -0.15) is 13.2 Å². The van der Waals surface area contributed by atoms with Gasteiger partial charge in [0.05, 0.1) is 31.8 Å². The van der Waals surface area contributed by atoms with Crippen LogP contribution in [0, 0.1) is 0 Å². The van der Waals surface area contributed by atoms with Crippen LogP contribution in [0.15, 0.2) is 51.6 Å². The first-order valence-corrected chi connectivity index (χ1v) is 9.63. The Kier molecular flexibility index (Phi) is 6.11. The Morgan fingerprint density at radius 2 is 2.00 bits per heavy atom. The van der Waals surface area contributed by atoms with Crippen LogP contribution >= 0.6 is 11.8 Å². The molecule has 30 heavy (non-hydrogen) atoms. The van der Waals surface area contributed by atoms with Gasteiger partial charge in [0.15, 0.2) is 10.9 Å². The molecule has 0 radical (unpaired) electrons. The number of rotatable bonds is 6. The zero-order valence-corrected chi connectivity index (χ0v) is 16.7. The van der Waals surface area contributed by atoms with Gasteiger partial charge < -0.3 is 19.5 Å². The van der Waals surface area contributed by atoms with Crippen LogP contribution in [-0.2, 0) is 14.3 Å². The number of halogens is 3. The second-order valence-electron chi connectivity index (χ2n) is 6.19. The van der Waals surface area contributed by atoms with Crippen molar-refractivity contribution in [1.29, 1.82) is 0 Å². The molecule has 1 atom stereocenters. The van der Waals surface area contributed by atoms with E-state index in [1.807, 2.05) is 0 Å². The van der Waals surface area contributed by atoms with Gasteiger partial charge in [0, 0.05) is 11.3 Å². The number of carboxylic acid groups (broad SMARTS) is 1. The molecule has 0 aliphatic carbocycles. The average molecular weight is 442 g/mol. The number of benzene rings is 1. The number of fused-ring (bicyclic) bond motifs is 1. The van der Waals surface area contributed by atoms with Crippen molar-refractivity contribution in [2.45, 2.75) is 25.6 Å². The van der Waals surface area contributed by atoms with Crippen molar-refractivity contribution in [2.75, 3.05) is 13.7 Å². The monoisotopic (exact) mass is 442 g/mol. The van der Waals surface area contributed by atoms with E-state index in [0.29, 0.717) is 0 Å². The summed E-state index contributed by atoms with van der Waals surface area (Å²) in [5, 5.41) is 10.6. The molecule has 160 valence electrons. The maximum Gasteiger partial charge on any atom is 0.434 e. The highest BCUT2D eigenvalue weighted by molar-refractivity contribution is 8.16. The summed E-state index contributed by atoms with van der Waals surface area (Å²) in [4.78, 5) is 29.0. The number of hydrogen-bond donors (Lipinski definition) is 1. The van der Waals surface area contributed by atoms with Gasteiger partial charge in [-0.15, -0.1) is 0 Å². The van der Waals surface area contributed by atoms with Gasteiger partial charge in [0.1, 0.15) is 5.75 Å². The fourth-order valence-corrected chi connectivity index (χ4v) is 4.15. The number of methoxy groups -OCH3 is 1. The third kappa shape index (κ3) is 4.02. The Hall–Kier alpha value is -2.95. The molecule has 2 heterocycles. The van der Waals surface area contributed by atoms with E-state index in [1.54, 1.807) is 18.2 Å². The molecule has 0 amide bonds. The molecule has 2 aliphatic rings. The van der Waals surface area contributed by atoms with E-state index >= 15 is 0 Å². The Labute approximate surface area is 173 Å². The molecule has 0 bridgehead atoms. The second-order valence-corrected chi connectivity index (χ2v) is 7.02. The van der Waals surface area contributed by atoms with Crippen molar-refractivity contribution < 1.29 is 37.3 Å². The van der Waals surface area contributed by atoms with Crippen molar-refractivity contribution in [3.05, 3.63) is 52.2 Å². The van der Waals surface area contributed by atoms with E-state index in [9.17, 15) is 27.9 Å². The smallest absolute Gasteiger partial charge is 0.434 e. The largest absolute Gasteiger partial charge is 0.496 e. The number of ether oxygens (including phenoxy) is 2. The lowest BCUT2D eigenvalue weighted by Crippen LogP contribution is -2.39. The SMILES string of the molecule is CCOC(=O)C1=C(C(F)(F)F)N=C2SC=C(CC(=O)O)N2C1c1ccccc1OC. The zero-order chi connectivity index (χ0) is 22.1. The summed E-state index contributed by atoms with van der Waals surface area (Å²) in [7, 11) is 1.35. The van der Waals surface area contributed by atoms with Crippen molar-refractivity contribution in [1.82, 2.24) is 4.90 Å². The number of para-hydroxylation sites is 1. The van der Waals surface area contributed by atoms with Gasteiger partial charge in [-0.25, -0.2) is 9.79 Å². The fourth-order valence-electron chi connectivity index (χ4n) is 3.23. The molecule has 11 heteroatoms. The van der Waals surface area contributed by atoms with Crippen LogP contribution in [0.3, 0.4) is 0 Å². The molecule has 1 aromatic carbocycles. The number of allylic oxidation sites excluding steroid dienone is 1. The van der Waals surface area contributed by atoms with Crippen molar-refractivity contribution in [3.8, 4) is 5.75 Å². The average Bonchev–Trinajstić information content (AvgIpc) is 3.08. The summed E-state index contributed by atoms with van der Waals surface area (Å²) in [6, 6.07) is 4.95. The van der Waals surface area contributed by atoms with Crippen molar-refractivity contribution >= 4 is 28.9 Å². The standard InChI is InChI=1S/C19H17F3N2O5S/c1-3-29-17(27)14-15(11-6-4-5-7-12(11)28-2)24-10(8-13(25)26)9-30-18(24)23-16(14)19(20,21)22/h4-7,9,15H,3,8H2,1-2H3,(H,25,26). The van der Waals surface area contributed by atoms with Gasteiger partial charge >= 0.3 is 18.1 Å². The van der Waals surface area contributed by atoms with E-state index < -0.39 is 41.8 Å². The topological polar surface area (TPSA) is 88.4 Å². The number of alkyl halides is 3. The molecule has 1 N–H and O–H groups in total. The summed E-state index contributed by atoms with van der Waals surface area (Å²) >= 11 is 0.859. The Morgan fingerprint density at radius 1 is 1.30 bits per heavy atom. The summed E-state index contributed by atoms with van der Waals surface area (Å²) in [5.74, 6) is -2.13. The molecule has 0 fully saturated rings. The number of carbonyl (C=O) groups excluding carboxylic acids is 1. The van der Waals surface area contributed by atoms with E-state index in [1.165, 1.54) is 30.4 Å². The Bertz CT molecular complexity index is 971. The highest BCUT2D eigenvalue weighted by Crippen LogP contribution is 2.49. The highest BCUT2D eigenvalue weighted by atomic mass is 32.2. The lowest BCUT2D eigenvalue weighted by molar-refractivity contribution is -0.140. The molecular weight excluding hydrogens is 425 g/mol. The van der Waals surface area contributed by atoms with Gasteiger partial charge in [0.25, 0.3) is 0 Å². The molecular formula is C19H17F3N2O5S. The van der Waals surface area contributed by atoms with Crippen LogP contribution in [-0.4, -0.2) is 47.0 Å². The normalized spacial score (nSPS) is 18.6. The van der Waals surface area contributed by atoms with E-state index in [4.69, 9.17) is 9.47 Å². The summed E-state index contributed by atoms with van der Waals surface area (Å²) in [5.41, 5.74) is -1.65. The second kappa shape index (κ2) is 8.42. The maximum atomic E-state index is 13.9. The molecule has 0 aromatic heterocycles. The van der Waals surface area contributed by atoms with Crippen LogP contribution in [0.5, 0.6) is 5.75 Å². The predicted molar refractivity (Wildman–Crippen MR) is 103 cm³/mol. The van der Waals surface area contributed by atoms with Gasteiger partial charge in [-0.3, -0.25) is 4.79 Å². The fraction of sp³-hybridized carbons (Fsp3) is 0.316. The number of hydrogen-bond acceptors (Lipinski definition) is 7. The Morgan fingerprint density at radius 3 is 2.60 bits per heavy atom. The molecule has 0 saturated carbocycles. The molecule has 1 aromatic rings. The van der Waals surface area contributed by atoms with E-state index in [0.717, 1.165) is 11.8 Å². The number of esters is 1. The van der Waals surface area contributed by atoms with Gasteiger partial charge in [-0.05, 0) is 18.4 Å². The highest BCUT2D eigenvalue weighted by Gasteiger charge is 2.49. The van der Waals surface area contributed by atoms with E-state index in [-0.39, 0.29) is 28.8 Å². The number of aliphatic imine (C=N–C) groups is 1. The van der Waals surface area contributed by atoms with Crippen LogP contribution < -0.4 is 4.74 Å². The third-order valence-corrected chi connectivity index (χ3v) is 5.23. The van der Waals surface area contributed by atoms with Crippen LogP contribution in [0.4, 0.5) is 13.2 Å². The number of carboxylic acids is 1. The van der Waals surface area contributed by atoms with Crippen LogP contribution in [0.2, 0.25) is 0 Å². The summed E-state index contributed by atoms with van der Waals surface area (Å²) < 4.78 is 51.9. The van der Waals surface area contributed by atoms with E-state index in [2.05, 4.69) is 4.99 Å². The number of nitrogens with zero attached hydrogens (tertiary/aromatic N) is 2. The third-order valence-electron chi connectivity index (χ3n) is 4.34. The van der Waals surface area contributed by atoms with Crippen LogP contribution in [0.25, 0.3) is 0 Å². The molecule has 3 rings (SSSR count). The molecule has 7 nitrogen and oxygen atoms in total. The number of thioether (sulfide) groups is 1.